The van der Waals surface area contributed by atoms with Gasteiger partial charge in [0, 0.05) is 19.8 Å². The van der Waals surface area contributed by atoms with Crippen molar-refractivity contribution >= 4 is 11.7 Å². The molecular formula is C12H18N4O. The SMILES string of the molecule is Cc1ccnc(N(C)CC2CC2)c1/C(N)=N/O. The van der Waals surface area contributed by atoms with Crippen molar-refractivity contribution in [3.63, 3.8) is 0 Å². The Balaban J connectivity index is 2.34. The van der Waals surface area contributed by atoms with Crippen molar-refractivity contribution in [1.82, 2.24) is 4.98 Å². The van der Waals surface area contributed by atoms with Crippen LogP contribution >= 0.6 is 0 Å². The van der Waals surface area contributed by atoms with Gasteiger partial charge in [-0.15, -0.1) is 0 Å². The molecule has 1 aromatic heterocycles. The highest BCUT2D eigenvalue weighted by atomic mass is 16.4. The van der Waals surface area contributed by atoms with E-state index in [1.165, 1.54) is 12.8 Å². The largest absolute Gasteiger partial charge is 0.409 e. The quantitative estimate of drug-likeness (QED) is 0.357. The number of rotatable bonds is 4. The first-order valence-corrected chi connectivity index (χ1v) is 5.78. The summed E-state index contributed by atoms with van der Waals surface area (Å²) >= 11 is 0. The summed E-state index contributed by atoms with van der Waals surface area (Å²) in [6, 6.07) is 1.86. The molecule has 92 valence electrons. The molecule has 0 amide bonds. The van der Waals surface area contributed by atoms with E-state index in [0.717, 1.165) is 29.4 Å². The van der Waals surface area contributed by atoms with Crippen LogP contribution in [0, 0.1) is 12.8 Å². The molecule has 3 N–H and O–H groups in total. The van der Waals surface area contributed by atoms with E-state index in [1.807, 2.05) is 20.0 Å². The zero-order valence-electron chi connectivity index (χ0n) is 10.2. The summed E-state index contributed by atoms with van der Waals surface area (Å²) in [4.78, 5) is 6.42. The van der Waals surface area contributed by atoms with Crippen molar-refractivity contribution < 1.29 is 5.21 Å². The zero-order chi connectivity index (χ0) is 12.4. The van der Waals surface area contributed by atoms with Gasteiger partial charge >= 0.3 is 0 Å². The third kappa shape index (κ3) is 2.49. The predicted octanol–water partition coefficient (Wildman–Crippen LogP) is 1.33. The molecule has 1 aliphatic rings. The summed E-state index contributed by atoms with van der Waals surface area (Å²) in [5, 5.41) is 11.9. The molecule has 17 heavy (non-hydrogen) atoms. The molecule has 0 spiro atoms. The maximum absolute atomic E-state index is 8.83. The van der Waals surface area contributed by atoms with Crippen molar-refractivity contribution in [2.24, 2.45) is 16.8 Å². The van der Waals surface area contributed by atoms with E-state index in [2.05, 4.69) is 15.0 Å². The molecule has 0 aromatic carbocycles. The minimum absolute atomic E-state index is 0.119. The number of nitrogens with zero attached hydrogens (tertiary/aromatic N) is 3. The second-order valence-electron chi connectivity index (χ2n) is 4.64. The van der Waals surface area contributed by atoms with Gasteiger partial charge in [0.2, 0.25) is 0 Å². The molecule has 0 bridgehead atoms. The van der Waals surface area contributed by atoms with E-state index in [9.17, 15) is 0 Å². The van der Waals surface area contributed by atoms with Gasteiger partial charge in [-0.05, 0) is 37.3 Å². The van der Waals surface area contributed by atoms with Crippen LogP contribution < -0.4 is 10.6 Å². The van der Waals surface area contributed by atoms with Crippen molar-refractivity contribution in [1.29, 1.82) is 0 Å². The molecule has 0 radical (unpaired) electrons. The average Bonchev–Trinajstić information content (AvgIpc) is 3.11. The monoisotopic (exact) mass is 234 g/mol. The highest BCUT2D eigenvalue weighted by Crippen LogP contribution is 2.31. The van der Waals surface area contributed by atoms with Gasteiger partial charge < -0.3 is 15.8 Å². The molecule has 1 aliphatic carbocycles. The number of amidine groups is 1. The van der Waals surface area contributed by atoms with Crippen LogP contribution in [0.4, 0.5) is 5.82 Å². The van der Waals surface area contributed by atoms with E-state index < -0.39 is 0 Å². The van der Waals surface area contributed by atoms with Gasteiger partial charge in [-0.25, -0.2) is 4.98 Å². The molecule has 1 fully saturated rings. The Kier molecular flexibility index (Phi) is 3.17. The first-order chi connectivity index (χ1) is 8.13. The van der Waals surface area contributed by atoms with Gasteiger partial charge in [0.1, 0.15) is 5.82 Å². The Morgan fingerprint density at radius 2 is 2.35 bits per heavy atom. The standard InChI is InChI=1S/C12H18N4O/c1-8-5-6-14-12(10(8)11(13)15-17)16(2)7-9-3-4-9/h5-6,9,17H,3-4,7H2,1-2H3,(H2,13,15). The first kappa shape index (κ1) is 11.7. The molecule has 0 saturated heterocycles. The third-order valence-electron chi connectivity index (χ3n) is 3.09. The molecule has 0 aliphatic heterocycles. The Bertz CT molecular complexity index is 440. The molecular weight excluding hydrogens is 216 g/mol. The van der Waals surface area contributed by atoms with Crippen molar-refractivity contribution in [2.75, 3.05) is 18.5 Å². The van der Waals surface area contributed by atoms with Crippen LogP contribution in [0.3, 0.4) is 0 Å². The van der Waals surface area contributed by atoms with Gasteiger partial charge in [-0.3, -0.25) is 0 Å². The lowest BCUT2D eigenvalue weighted by Crippen LogP contribution is -2.26. The molecule has 1 heterocycles. The molecule has 0 unspecified atom stereocenters. The predicted molar refractivity (Wildman–Crippen MR) is 67.5 cm³/mol. The number of anilines is 1. The summed E-state index contributed by atoms with van der Waals surface area (Å²) in [5.41, 5.74) is 7.40. The van der Waals surface area contributed by atoms with E-state index in [1.54, 1.807) is 6.20 Å². The molecule has 5 heteroatoms. The van der Waals surface area contributed by atoms with Crippen LogP contribution in [0.25, 0.3) is 0 Å². The van der Waals surface area contributed by atoms with Gasteiger partial charge in [-0.2, -0.15) is 0 Å². The fraction of sp³-hybridized carbons (Fsp3) is 0.500. The highest BCUT2D eigenvalue weighted by molar-refractivity contribution is 6.02. The number of nitrogens with two attached hydrogens (primary N) is 1. The van der Waals surface area contributed by atoms with E-state index in [-0.39, 0.29) is 5.84 Å². The van der Waals surface area contributed by atoms with Crippen LogP contribution in [0.1, 0.15) is 24.0 Å². The smallest absolute Gasteiger partial charge is 0.174 e. The lowest BCUT2D eigenvalue weighted by atomic mass is 10.1. The number of aromatic nitrogens is 1. The summed E-state index contributed by atoms with van der Waals surface area (Å²) in [6.45, 7) is 2.91. The number of pyridine rings is 1. The molecule has 0 atom stereocenters. The molecule has 2 rings (SSSR count). The minimum Gasteiger partial charge on any atom is -0.409 e. The van der Waals surface area contributed by atoms with E-state index >= 15 is 0 Å². The maximum Gasteiger partial charge on any atom is 0.174 e. The van der Waals surface area contributed by atoms with Gasteiger partial charge in [-0.1, -0.05) is 5.16 Å². The maximum atomic E-state index is 8.83. The first-order valence-electron chi connectivity index (χ1n) is 5.78. The van der Waals surface area contributed by atoms with Gasteiger partial charge in [0.05, 0.1) is 5.56 Å². The van der Waals surface area contributed by atoms with Gasteiger partial charge in [0.25, 0.3) is 0 Å². The van der Waals surface area contributed by atoms with Crippen LogP contribution in [-0.4, -0.2) is 29.6 Å². The summed E-state index contributed by atoms with van der Waals surface area (Å²) in [7, 11) is 1.99. The van der Waals surface area contributed by atoms with Crippen LogP contribution in [0.2, 0.25) is 0 Å². The normalized spacial score (nSPS) is 16.0. The van der Waals surface area contributed by atoms with Crippen molar-refractivity contribution in [3.05, 3.63) is 23.4 Å². The summed E-state index contributed by atoms with van der Waals surface area (Å²) in [5.74, 6) is 1.67. The molecule has 5 nitrogen and oxygen atoms in total. The van der Waals surface area contributed by atoms with Crippen molar-refractivity contribution in [3.8, 4) is 0 Å². The fourth-order valence-electron chi connectivity index (χ4n) is 1.97. The van der Waals surface area contributed by atoms with Crippen LogP contribution in [-0.2, 0) is 0 Å². The zero-order valence-corrected chi connectivity index (χ0v) is 10.2. The van der Waals surface area contributed by atoms with E-state index in [0.29, 0.717) is 0 Å². The van der Waals surface area contributed by atoms with Crippen LogP contribution in [0.5, 0.6) is 0 Å². The second-order valence-corrected chi connectivity index (χ2v) is 4.64. The Morgan fingerprint density at radius 3 is 2.94 bits per heavy atom. The molecule has 1 aromatic rings. The lowest BCUT2D eigenvalue weighted by molar-refractivity contribution is 0.318. The number of oxime groups is 1. The Morgan fingerprint density at radius 1 is 1.65 bits per heavy atom. The Labute approximate surface area is 101 Å². The summed E-state index contributed by atoms with van der Waals surface area (Å²) in [6.07, 6.45) is 4.33. The number of hydrogen-bond acceptors (Lipinski definition) is 4. The lowest BCUT2D eigenvalue weighted by Gasteiger charge is -2.21. The van der Waals surface area contributed by atoms with Crippen molar-refractivity contribution in [2.45, 2.75) is 19.8 Å². The Hall–Kier alpha value is -1.78. The average molecular weight is 234 g/mol. The third-order valence-corrected chi connectivity index (χ3v) is 3.09. The highest BCUT2D eigenvalue weighted by Gasteiger charge is 2.25. The topological polar surface area (TPSA) is 74.7 Å². The summed E-state index contributed by atoms with van der Waals surface area (Å²) < 4.78 is 0. The van der Waals surface area contributed by atoms with Crippen LogP contribution in [0.15, 0.2) is 17.4 Å². The number of hydrogen-bond donors (Lipinski definition) is 2. The molecule has 1 saturated carbocycles. The fourth-order valence-corrected chi connectivity index (χ4v) is 1.97. The second kappa shape index (κ2) is 4.61. The van der Waals surface area contributed by atoms with Gasteiger partial charge in [0.15, 0.2) is 5.84 Å². The van der Waals surface area contributed by atoms with E-state index in [4.69, 9.17) is 10.9 Å². The minimum atomic E-state index is 0.119. The number of aryl methyl sites for hydroxylation is 1.